The molecular weight excluding hydrogens is 304 g/mol. The average Bonchev–Trinajstić information content (AvgIpc) is 3.00. The molecule has 7 nitrogen and oxygen atoms in total. The summed E-state index contributed by atoms with van der Waals surface area (Å²) in [4.78, 5) is 18.5. The van der Waals surface area contributed by atoms with Gasteiger partial charge in [0.15, 0.2) is 0 Å². The van der Waals surface area contributed by atoms with Crippen LogP contribution in [-0.4, -0.2) is 44.7 Å². The number of carbonyl (C=O) groups excluding carboxylic acids is 1. The van der Waals surface area contributed by atoms with Crippen molar-refractivity contribution in [2.24, 2.45) is 0 Å². The highest BCUT2D eigenvalue weighted by atomic mass is 16.2. The summed E-state index contributed by atoms with van der Waals surface area (Å²) in [7, 11) is 0. The zero-order valence-corrected chi connectivity index (χ0v) is 13.8. The van der Waals surface area contributed by atoms with Crippen LogP contribution in [0.15, 0.2) is 36.8 Å². The molecule has 1 atom stereocenters. The van der Waals surface area contributed by atoms with Crippen molar-refractivity contribution in [2.75, 3.05) is 24.1 Å². The summed E-state index contributed by atoms with van der Waals surface area (Å²) in [5, 5.41) is 7.63. The Balaban J connectivity index is 1.47. The fourth-order valence-corrected chi connectivity index (χ4v) is 3.02. The van der Waals surface area contributed by atoms with Crippen molar-refractivity contribution in [1.29, 1.82) is 0 Å². The number of aromatic nitrogens is 3. The van der Waals surface area contributed by atoms with Gasteiger partial charge in [-0.2, -0.15) is 5.10 Å². The number of carbonyl (C=O) groups is 1. The fourth-order valence-electron chi connectivity index (χ4n) is 3.02. The second kappa shape index (κ2) is 7.81. The molecule has 24 heavy (non-hydrogen) atoms. The molecule has 7 heteroatoms. The first-order chi connectivity index (χ1) is 11.7. The van der Waals surface area contributed by atoms with Crippen molar-refractivity contribution in [3.63, 3.8) is 0 Å². The minimum Gasteiger partial charge on any atom is -0.384 e. The molecule has 128 valence electrons. The van der Waals surface area contributed by atoms with Gasteiger partial charge in [0.25, 0.3) is 0 Å². The van der Waals surface area contributed by atoms with Crippen molar-refractivity contribution < 1.29 is 4.79 Å². The number of nitrogens with zero attached hydrogens (tertiary/aromatic N) is 4. The molecule has 0 spiro atoms. The quantitative estimate of drug-likeness (QED) is 0.873. The molecule has 2 aromatic heterocycles. The second-order valence-electron chi connectivity index (χ2n) is 6.14. The Morgan fingerprint density at radius 2 is 2.25 bits per heavy atom. The number of pyridine rings is 1. The van der Waals surface area contributed by atoms with Crippen molar-refractivity contribution >= 4 is 17.4 Å². The molecule has 3 rings (SSSR count). The molecule has 1 fully saturated rings. The van der Waals surface area contributed by atoms with Crippen molar-refractivity contribution in [3.8, 4) is 0 Å². The van der Waals surface area contributed by atoms with Crippen molar-refractivity contribution in [1.82, 2.24) is 19.7 Å². The highest BCUT2D eigenvalue weighted by Crippen LogP contribution is 2.17. The molecule has 3 heterocycles. The van der Waals surface area contributed by atoms with Crippen LogP contribution in [0.5, 0.6) is 0 Å². The fraction of sp³-hybridized carbons (Fsp3) is 0.471. The minimum absolute atomic E-state index is 0.209. The number of nitrogen functional groups attached to an aromatic ring is 1. The van der Waals surface area contributed by atoms with Gasteiger partial charge < -0.3 is 16.0 Å². The number of nitrogens with two attached hydrogens (primary N) is 1. The molecule has 1 saturated heterocycles. The summed E-state index contributed by atoms with van der Waals surface area (Å²) in [5.41, 5.74) is 6.59. The summed E-state index contributed by atoms with van der Waals surface area (Å²) >= 11 is 0. The van der Waals surface area contributed by atoms with Crippen LogP contribution >= 0.6 is 0 Å². The molecule has 1 amide bonds. The number of hydrogen-bond acceptors (Lipinski definition) is 5. The van der Waals surface area contributed by atoms with Gasteiger partial charge in [-0.05, 0) is 37.5 Å². The van der Waals surface area contributed by atoms with Crippen LogP contribution in [0.3, 0.4) is 0 Å². The van der Waals surface area contributed by atoms with E-state index in [9.17, 15) is 4.79 Å². The zero-order chi connectivity index (χ0) is 16.8. The highest BCUT2D eigenvalue weighted by molar-refractivity contribution is 5.76. The number of anilines is 2. The number of hydrogen-bond donors (Lipinski definition) is 2. The molecule has 0 unspecified atom stereocenters. The number of likely N-dealkylation sites (tertiary alicyclic amines) is 1. The van der Waals surface area contributed by atoms with Gasteiger partial charge in [-0.1, -0.05) is 0 Å². The van der Waals surface area contributed by atoms with Crippen LogP contribution in [0.2, 0.25) is 0 Å². The van der Waals surface area contributed by atoms with E-state index in [2.05, 4.69) is 15.4 Å². The molecule has 0 aliphatic carbocycles. The van der Waals surface area contributed by atoms with Crippen LogP contribution in [0, 0.1) is 0 Å². The first-order valence-electron chi connectivity index (χ1n) is 8.44. The van der Waals surface area contributed by atoms with Gasteiger partial charge in [-0.3, -0.25) is 9.48 Å². The Morgan fingerprint density at radius 3 is 3.00 bits per heavy atom. The third kappa shape index (κ3) is 4.47. The molecule has 1 aliphatic rings. The van der Waals surface area contributed by atoms with E-state index in [1.54, 1.807) is 23.1 Å². The largest absolute Gasteiger partial charge is 0.384 e. The molecule has 0 radical (unpaired) electrons. The van der Waals surface area contributed by atoms with E-state index in [0.717, 1.165) is 38.0 Å². The molecule has 0 bridgehead atoms. The van der Waals surface area contributed by atoms with Crippen LogP contribution in [-0.2, 0) is 11.3 Å². The smallest absolute Gasteiger partial charge is 0.224 e. The normalized spacial score (nSPS) is 18.2. The van der Waals surface area contributed by atoms with E-state index in [1.165, 1.54) is 0 Å². The van der Waals surface area contributed by atoms with E-state index >= 15 is 0 Å². The first-order valence-corrected chi connectivity index (χ1v) is 8.44. The number of aryl methyl sites for hydroxylation is 1. The Bertz CT molecular complexity index is 640. The monoisotopic (exact) mass is 328 g/mol. The lowest BCUT2D eigenvalue weighted by Crippen LogP contribution is -2.33. The van der Waals surface area contributed by atoms with E-state index in [4.69, 9.17) is 5.73 Å². The summed E-state index contributed by atoms with van der Waals surface area (Å²) in [5.74, 6) is 0.732. The Kier molecular flexibility index (Phi) is 5.30. The van der Waals surface area contributed by atoms with Gasteiger partial charge in [-0.25, -0.2) is 4.98 Å². The Labute approximate surface area is 141 Å². The minimum atomic E-state index is 0.209. The molecule has 1 aliphatic heterocycles. The predicted octanol–water partition coefficient (Wildman–Crippen LogP) is 1.74. The highest BCUT2D eigenvalue weighted by Gasteiger charge is 2.20. The summed E-state index contributed by atoms with van der Waals surface area (Å²) in [6, 6.07) is 5.97. The maximum atomic E-state index is 12.4. The summed E-state index contributed by atoms with van der Waals surface area (Å²) < 4.78 is 1.80. The van der Waals surface area contributed by atoms with E-state index in [0.29, 0.717) is 24.8 Å². The first kappa shape index (κ1) is 16.3. The summed E-state index contributed by atoms with van der Waals surface area (Å²) in [6.45, 7) is 2.26. The standard InChI is InChI=1S/C17H24N6O/c18-16-5-4-15(13-19-16)21-14-3-1-9-22(11-6-14)17(24)7-12-23-10-2-8-20-23/h2,4-5,8,10,13-14,21H,1,3,6-7,9,11-12H2,(H2,18,19)/t14-/m1/s1. The summed E-state index contributed by atoms with van der Waals surface area (Å²) in [6.07, 6.45) is 8.88. The molecule has 0 aromatic carbocycles. The lowest BCUT2D eigenvalue weighted by atomic mass is 10.1. The molecule has 0 saturated carbocycles. The van der Waals surface area contributed by atoms with Crippen molar-refractivity contribution in [3.05, 3.63) is 36.8 Å². The van der Waals surface area contributed by atoms with E-state index in [1.807, 2.05) is 23.2 Å². The lowest BCUT2D eigenvalue weighted by molar-refractivity contribution is -0.131. The zero-order valence-electron chi connectivity index (χ0n) is 13.8. The topological polar surface area (TPSA) is 89.1 Å². The maximum absolute atomic E-state index is 12.4. The molecule has 3 N–H and O–H groups in total. The van der Waals surface area contributed by atoms with Gasteiger partial charge in [0.1, 0.15) is 5.82 Å². The second-order valence-corrected chi connectivity index (χ2v) is 6.14. The average molecular weight is 328 g/mol. The molecule has 2 aromatic rings. The Morgan fingerprint density at radius 1 is 1.33 bits per heavy atom. The van der Waals surface area contributed by atoms with Gasteiger partial charge in [0, 0.05) is 44.5 Å². The van der Waals surface area contributed by atoms with E-state index in [-0.39, 0.29) is 5.91 Å². The third-order valence-electron chi connectivity index (χ3n) is 4.35. The predicted molar refractivity (Wildman–Crippen MR) is 93.3 cm³/mol. The maximum Gasteiger partial charge on any atom is 0.224 e. The van der Waals surface area contributed by atoms with Gasteiger partial charge in [-0.15, -0.1) is 0 Å². The number of amides is 1. The van der Waals surface area contributed by atoms with Gasteiger partial charge in [0.2, 0.25) is 5.91 Å². The van der Waals surface area contributed by atoms with Crippen LogP contribution in [0.25, 0.3) is 0 Å². The number of rotatable bonds is 5. The lowest BCUT2D eigenvalue weighted by Gasteiger charge is -2.21. The van der Waals surface area contributed by atoms with E-state index < -0.39 is 0 Å². The van der Waals surface area contributed by atoms with Crippen LogP contribution < -0.4 is 11.1 Å². The number of nitrogens with one attached hydrogen (secondary N) is 1. The van der Waals surface area contributed by atoms with Crippen LogP contribution in [0.4, 0.5) is 11.5 Å². The van der Waals surface area contributed by atoms with Crippen molar-refractivity contribution in [2.45, 2.75) is 38.3 Å². The van der Waals surface area contributed by atoms with Crippen LogP contribution in [0.1, 0.15) is 25.7 Å². The third-order valence-corrected chi connectivity index (χ3v) is 4.35. The van der Waals surface area contributed by atoms with Gasteiger partial charge in [0.05, 0.1) is 11.9 Å². The molecular formula is C17H24N6O. The van der Waals surface area contributed by atoms with Gasteiger partial charge >= 0.3 is 0 Å². The SMILES string of the molecule is Nc1ccc(N[C@@H]2CCCN(C(=O)CCn3cccn3)CC2)cn1. The Hall–Kier alpha value is -2.57.